The van der Waals surface area contributed by atoms with Crippen LogP contribution in [-0.2, 0) is 11.8 Å². The summed E-state index contributed by atoms with van der Waals surface area (Å²) in [5.41, 5.74) is 1.53. The van der Waals surface area contributed by atoms with Gasteiger partial charge in [-0.15, -0.1) is 0 Å². The number of rotatable bonds is 6. The molecule has 1 aliphatic rings. The van der Waals surface area contributed by atoms with Crippen molar-refractivity contribution in [3.63, 3.8) is 0 Å². The van der Waals surface area contributed by atoms with Crippen molar-refractivity contribution in [2.45, 2.75) is 50.6 Å². The van der Waals surface area contributed by atoms with E-state index < -0.39 is 6.04 Å². The highest BCUT2D eigenvalue weighted by Gasteiger charge is 2.33. The number of hydrogen-bond acceptors (Lipinski definition) is 4. The number of carbonyl (C=O) groups is 2. The molecule has 0 bridgehead atoms. The van der Waals surface area contributed by atoms with E-state index in [2.05, 4.69) is 10.6 Å². The monoisotopic (exact) mass is 391 g/mol. The molecule has 2 amide bonds. The molecule has 2 aromatic rings. The summed E-state index contributed by atoms with van der Waals surface area (Å²) < 4.78 is 1.86. The zero-order chi connectivity index (χ0) is 20.8. The van der Waals surface area contributed by atoms with Gasteiger partial charge in [0.05, 0.1) is 18.1 Å². The Labute approximate surface area is 170 Å². The summed E-state index contributed by atoms with van der Waals surface area (Å²) in [5, 5.41) is 24.7. The summed E-state index contributed by atoms with van der Waals surface area (Å²) in [6, 6.07) is 12.7. The van der Waals surface area contributed by atoms with Gasteiger partial charge in [0.15, 0.2) is 0 Å². The molecule has 29 heavy (non-hydrogen) atoms. The van der Waals surface area contributed by atoms with Gasteiger partial charge in [-0.1, -0.05) is 31.0 Å². The molecule has 3 atom stereocenters. The third-order valence-electron chi connectivity index (χ3n) is 5.62. The van der Waals surface area contributed by atoms with Crippen molar-refractivity contribution in [2.24, 2.45) is 13.0 Å². The summed E-state index contributed by atoms with van der Waals surface area (Å²) in [5.74, 6) is -0.799. The first kappa shape index (κ1) is 20.4. The molecule has 1 saturated carbocycles. The Morgan fingerprint density at radius 3 is 2.72 bits per heavy atom. The quantitative estimate of drug-likeness (QED) is 0.789. The van der Waals surface area contributed by atoms with Gasteiger partial charge < -0.3 is 15.2 Å². The van der Waals surface area contributed by atoms with Crippen molar-refractivity contribution in [1.29, 1.82) is 10.5 Å². The van der Waals surface area contributed by atoms with Crippen molar-refractivity contribution >= 4 is 22.7 Å². The lowest BCUT2D eigenvalue weighted by atomic mass is 9.83. The van der Waals surface area contributed by atoms with Gasteiger partial charge in [-0.3, -0.25) is 9.59 Å². The molecule has 7 nitrogen and oxygen atoms in total. The number of amides is 2. The Hall–Kier alpha value is -3.32. The number of para-hydroxylation sites is 1. The first-order chi connectivity index (χ1) is 14.0. The van der Waals surface area contributed by atoms with Crippen LogP contribution >= 0.6 is 0 Å². The van der Waals surface area contributed by atoms with E-state index >= 15 is 0 Å². The molecule has 1 heterocycles. The molecule has 0 radical (unpaired) electrons. The lowest BCUT2D eigenvalue weighted by molar-refractivity contribution is -0.127. The maximum atomic E-state index is 12.9. The third-order valence-corrected chi connectivity index (χ3v) is 5.62. The van der Waals surface area contributed by atoms with Gasteiger partial charge in [0.1, 0.15) is 11.7 Å². The maximum Gasteiger partial charge on any atom is 0.268 e. The minimum atomic E-state index is -0.682. The maximum absolute atomic E-state index is 12.9. The van der Waals surface area contributed by atoms with Crippen LogP contribution in [0.5, 0.6) is 0 Å². The number of hydrogen-bond donors (Lipinski definition) is 2. The van der Waals surface area contributed by atoms with Gasteiger partial charge in [0.2, 0.25) is 5.91 Å². The van der Waals surface area contributed by atoms with Crippen molar-refractivity contribution in [3.8, 4) is 12.1 Å². The molecule has 1 fully saturated rings. The first-order valence-electron chi connectivity index (χ1n) is 9.97. The number of carbonyl (C=O) groups excluding carboxylic acids is 2. The lowest BCUT2D eigenvalue weighted by Crippen LogP contribution is -2.50. The second kappa shape index (κ2) is 9.25. The average Bonchev–Trinajstić information content (AvgIpc) is 3.08. The topological polar surface area (TPSA) is 111 Å². The van der Waals surface area contributed by atoms with Crippen molar-refractivity contribution in [2.75, 3.05) is 0 Å². The molecule has 150 valence electrons. The van der Waals surface area contributed by atoms with Crippen LogP contribution in [0.15, 0.2) is 30.3 Å². The fourth-order valence-corrected chi connectivity index (χ4v) is 4.02. The molecule has 1 aliphatic carbocycles. The van der Waals surface area contributed by atoms with Crippen LogP contribution in [-0.4, -0.2) is 28.5 Å². The molecule has 1 aromatic heterocycles. The van der Waals surface area contributed by atoms with Crippen LogP contribution in [0.1, 0.15) is 49.0 Å². The van der Waals surface area contributed by atoms with E-state index in [1.807, 2.05) is 54.1 Å². The molecular weight excluding hydrogens is 366 g/mol. The predicted molar refractivity (Wildman–Crippen MR) is 109 cm³/mol. The minimum Gasteiger partial charge on any atom is -0.347 e. The Balaban J connectivity index is 1.71. The van der Waals surface area contributed by atoms with Crippen LogP contribution in [0.2, 0.25) is 0 Å². The normalized spacial score (nSPS) is 19.7. The van der Waals surface area contributed by atoms with Crippen LogP contribution < -0.4 is 10.6 Å². The van der Waals surface area contributed by atoms with Gasteiger partial charge in [-0.25, -0.2) is 0 Å². The first-order valence-corrected chi connectivity index (χ1v) is 9.97. The highest BCUT2D eigenvalue weighted by atomic mass is 16.2. The van der Waals surface area contributed by atoms with Gasteiger partial charge in [-0.05, 0) is 31.4 Å². The largest absolute Gasteiger partial charge is 0.347 e. The molecule has 3 rings (SSSR count). The number of nitrogens with zero attached hydrogens (tertiary/aromatic N) is 3. The highest BCUT2D eigenvalue weighted by molar-refractivity contribution is 5.99. The smallest absolute Gasteiger partial charge is 0.268 e. The third kappa shape index (κ3) is 4.57. The second-order valence-corrected chi connectivity index (χ2v) is 7.51. The van der Waals surface area contributed by atoms with Crippen LogP contribution in [0, 0.1) is 28.6 Å². The van der Waals surface area contributed by atoms with Crippen LogP contribution in [0.3, 0.4) is 0 Å². The number of fused-ring (bicyclic) bond motifs is 1. The lowest BCUT2D eigenvalue weighted by Gasteiger charge is -2.31. The van der Waals surface area contributed by atoms with Gasteiger partial charge >= 0.3 is 0 Å². The molecular formula is C22H25N5O2. The zero-order valence-corrected chi connectivity index (χ0v) is 16.5. The second-order valence-electron chi connectivity index (χ2n) is 7.51. The Bertz CT molecular complexity index is 981. The minimum absolute atomic E-state index is 0.199. The Kier molecular flexibility index (Phi) is 6.51. The standard InChI is InChI=1S/C22H25N5O2/c1-27-19-11-5-2-7-15(19)13-20(27)22(29)26-18-10-4-3-9-17(18)21(28)25-16(14-24)8-6-12-23/h2,5,7,11,13,16-18H,3-4,6,8-10H2,1H3,(H,25,28)(H,26,29). The van der Waals surface area contributed by atoms with E-state index in [0.29, 0.717) is 18.5 Å². The summed E-state index contributed by atoms with van der Waals surface area (Å²) in [6.07, 6.45) is 3.77. The van der Waals surface area contributed by atoms with Crippen molar-refractivity contribution in [1.82, 2.24) is 15.2 Å². The van der Waals surface area contributed by atoms with E-state index in [-0.39, 0.29) is 30.2 Å². The van der Waals surface area contributed by atoms with E-state index in [4.69, 9.17) is 5.26 Å². The van der Waals surface area contributed by atoms with Gasteiger partial charge in [0, 0.05) is 30.4 Å². The van der Waals surface area contributed by atoms with E-state index in [9.17, 15) is 14.9 Å². The Morgan fingerprint density at radius 1 is 1.24 bits per heavy atom. The summed E-state index contributed by atoms with van der Waals surface area (Å²) in [4.78, 5) is 25.7. The molecule has 3 unspecified atom stereocenters. The van der Waals surface area contributed by atoms with Gasteiger partial charge in [-0.2, -0.15) is 10.5 Å². The number of aromatic nitrogens is 1. The molecule has 1 aromatic carbocycles. The molecule has 0 aliphatic heterocycles. The van der Waals surface area contributed by atoms with Gasteiger partial charge in [0.25, 0.3) is 5.91 Å². The number of aryl methyl sites for hydroxylation is 1. The fraction of sp³-hybridized carbons (Fsp3) is 0.455. The van der Waals surface area contributed by atoms with E-state index in [1.165, 1.54) is 0 Å². The molecule has 7 heteroatoms. The summed E-state index contributed by atoms with van der Waals surface area (Å²) in [7, 11) is 1.86. The summed E-state index contributed by atoms with van der Waals surface area (Å²) >= 11 is 0. The highest BCUT2D eigenvalue weighted by Crippen LogP contribution is 2.26. The van der Waals surface area contributed by atoms with Crippen molar-refractivity contribution in [3.05, 3.63) is 36.0 Å². The average molecular weight is 391 g/mol. The summed E-state index contributed by atoms with van der Waals surface area (Å²) in [6.45, 7) is 0. The van der Waals surface area contributed by atoms with Crippen LogP contribution in [0.4, 0.5) is 0 Å². The molecule has 0 saturated heterocycles. The Morgan fingerprint density at radius 2 is 2.00 bits per heavy atom. The number of benzene rings is 1. The number of nitriles is 2. The molecule has 2 N–H and O–H groups in total. The molecule has 0 spiro atoms. The van der Waals surface area contributed by atoms with E-state index in [0.717, 1.165) is 30.2 Å². The van der Waals surface area contributed by atoms with E-state index in [1.54, 1.807) is 0 Å². The van der Waals surface area contributed by atoms with Crippen molar-refractivity contribution < 1.29 is 9.59 Å². The van der Waals surface area contributed by atoms with Crippen LogP contribution in [0.25, 0.3) is 10.9 Å². The fourth-order valence-electron chi connectivity index (χ4n) is 4.02. The zero-order valence-electron chi connectivity index (χ0n) is 16.5. The predicted octanol–water partition coefficient (Wildman–Crippen LogP) is 2.78. The number of nitrogens with one attached hydrogen (secondary N) is 2. The SMILES string of the molecule is Cn1c(C(=O)NC2CCCCC2C(=O)NC(C#N)CCC#N)cc2ccccc21.